The lowest BCUT2D eigenvalue weighted by Gasteiger charge is -2.22. The number of amides is 1. The highest BCUT2D eigenvalue weighted by molar-refractivity contribution is 5.95. The average Bonchev–Trinajstić information content (AvgIpc) is 2.40. The summed E-state index contributed by atoms with van der Waals surface area (Å²) in [5, 5.41) is 5.99. The molecule has 1 aliphatic rings. The van der Waals surface area contributed by atoms with E-state index in [1.165, 1.54) is 0 Å². The van der Waals surface area contributed by atoms with Crippen LogP contribution in [0.2, 0.25) is 0 Å². The van der Waals surface area contributed by atoms with Crippen molar-refractivity contribution in [3.8, 4) is 0 Å². The van der Waals surface area contributed by atoms with Crippen LogP contribution < -0.4 is 10.6 Å². The van der Waals surface area contributed by atoms with Crippen molar-refractivity contribution >= 4 is 24.0 Å². The normalized spacial score (nSPS) is 18.5. The van der Waals surface area contributed by atoms with Gasteiger partial charge in [0, 0.05) is 19.3 Å². The molecule has 0 radical (unpaired) electrons. The number of morpholine rings is 1. The SMILES string of the molecule is COCc1cccc(NC(=O)C2COCCN2)c1.Cl. The average molecular weight is 287 g/mol. The van der Waals surface area contributed by atoms with Crippen LogP contribution in [0, 0.1) is 0 Å². The summed E-state index contributed by atoms with van der Waals surface area (Å²) in [6, 6.07) is 7.35. The molecule has 1 aliphatic heterocycles. The molecule has 5 nitrogen and oxygen atoms in total. The first-order valence-corrected chi connectivity index (χ1v) is 5.99. The van der Waals surface area contributed by atoms with Crippen LogP contribution in [0.5, 0.6) is 0 Å². The summed E-state index contributed by atoms with van der Waals surface area (Å²) in [7, 11) is 1.65. The summed E-state index contributed by atoms with van der Waals surface area (Å²) in [5.74, 6) is -0.0655. The zero-order valence-corrected chi connectivity index (χ0v) is 11.7. The van der Waals surface area contributed by atoms with Gasteiger partial charge in [0.25, 0.3) is 0 Å². The Morgan fingerprint density at radius 1 is 1.58 bits per heavy atom. The molecule has 0 spiro atoms. The molecular formula is C13H19ClN2O3. The maximum absolute atomic E-state index is 12.0. The second-order valence-electron chi connectivity index (χ2n) is 4.20. The monoisotopic (exact) mass is 286 g/mol. The fourth-order valence-corrected chi connectivity index (χ4v) is 1.87. The van der Waals surface area contributed by atoms with Crippen LogP contribution in [-0.2, 0) is 20.9 Å². The number of carbonyl (C=O) groups is 1. The predicted molar refractivity (Wildman–Crippen MR) is 75.6 cm³/mol. The van der Waals surface area contributed by atoms with Crippen molar-refractivity contribution in [3.63, 3.8) is 0 Å². The van der Waals surface area contributed by atoms with Crippen molar-refractivity contribution in [2.45, 2.75) is 12.6 Å². The van der Waals surface area contributed by atoms with Crippen molar-refractivity contribution in [1.82, 2.24) is 5.32 Å². The third-order valence-electron chi connectivity index (χ3n) is 2.74. The third kappa shape index (κ3) is 4.80. The van der Waals surface area contributed by atoms with Gasteiger partial charge in [-0.15, -0.1) is 12.4 Å². The maximum atomic E-state index is 12.0. The van der Waals surface area contributed by atoms with Gasteiger partial charge in [-0.1, -0.05) is 12.1 Å². The third-order valence-corrected chi connectivity index (χ3v) is 2.74. The fraction of sp³-hybridized carbons (Fsp3) is 0.462. The van der Waals surface area contributed by atoms with Crippen LogP contribution in [-0.4, -0.2) is 38.8 Å². The fourth-order valence-electron chi connectivity index (χ4n) is 1.87. The van der Waals surface area contributed by atoms with Crippen molar-refractivity contribution < 1.29 is 14.3 Å². The van der Waals surface area contributed by atoms with Crippen LogP contribution >= 0.6 is 12.4 Å². The lowest BCUT2D eigenvalue weighted by atomic mass is 10.2. The Morgan fingerprint density at radius 3 is 3.11 bits per heavy atom. The van der Waals surface area contributed by atoms with Gasteiger partial charge in [-0.2, -0.15) is 0 Å². The first-order chi connectivity index (χ1) is 8.79. The number of rotatable bonds is 4. The summed E-state index contributed by atoms with van der Waals surface area (Å²) in [4.78, 5) is 12.0. The highest BCUT2D eigenvalue weighted by Crippen LogP contribution is 2.12. The molecule has 106 valence electrons. The summed E-state index contributed by atoms with van der Waals surface area (Å²) >= 11 is 0. The molecule has 0 aromatic heterocycles. The van der Waals surface area contributed by atoms with Gasteiger partial charge in [0.15, 0.2) is 0 Å². The lowest BCUT2D eigenvalue weighted by Crippen LogP contribution is -2.48. The number of carbonyl (C=O) groups excluding carboxylic acids is 1. The predicted octanol–water partition coefficient (Wildman–Crippen LogP) is 1.18. The van der Waals surface area contributed by atoms with Crippen molar-refractivity contribution in [3.05, 3.63) is 29.8 Å². The number of ether oxygens (including phenoxy) is 2. The van der Waals surface area contributed by atoms with E-state index in [0.29, 0.717) is 26.4 Å². The molecule has 0 saturated carbocycles. The molecule has 1 aromatic carbocycles. The van der Waals surface area contributed by atoms with Crippen molar-refractivity contribution in [1.29, 1.82) is 0 Å². The molecule has 1 saturated heterocycles. The van der Waals surface area contributed by atoms with Crippen LogP contribution in [0.3, 0.4) is 0 Å². The van der Waals surface area contributed by atoms with Crippen molar-refractivity contribution in [2.24, 2.45) is 0 Å². The molecule has 1 atom stereocenters. The second-order valence-corrected chi connectivity index (χ2v) is 4.20. The molecule has 1 heterocycles. The van der Waals surface area contributed by atoms with Crippen LogP contribution in [0.25, 0.3) is 0 Å². The van der Waals surface area contributed by atoms with E-state index in [4.69, 9.17) is 9.47 Å². The molecule has 1 fully saturated rings. The standard InChI is InChI=1S/C13H18N2O3.ClH/c1-17-8-10-3-2-4-11(7-10)15-13(16)12-9-18-6-5-14-12;/h2-4,7,12,14H,5-6,8-9H2,1H3,(H,15,16);1H. The molecule has 1 amide bonds. The topological polar surface area (TPSA) is 59.6 Å². The highest BCUT2D eigenvalue weighted by Gasteiger charge is 2.20. The number of anilines is 1. The quantitative estimate of drug-likeness (QED) is 0.873. The number of benzene rings is 1. The Labute approximate surface area is 119 Å². The molecule has 0 bridgehead atoms. The van der Waals surface area contributed by atoms with Gasteiger partial charge in [-0.3, -0.25) is 4.79 Å². The molecule has 0 aliphatic carbocycles. The second kappa shape index (κ2) is 8.12. The van der Waals surface area contributed by atoms with Gasteiger partial charge in [0.05, 0.1) is 19.8 Å². The Balaban J connectivity index is 0.00000180. The van der Waals surface area contributed by atoms with Gasteiger partial charge < -0.3 is 20.1 Å². The summed E-state index contributed by atoms with van der Waals surface area (Å²) < 4.78 is 10.3. The number of methoxy groups -OCH3 is 1. The van der Waals surface area contributed by atoms with E-state index in [0.717, 1.165) is 11.3 Å². The van der Waals surface area contributed by atoms with E-state index in [-0.39, 0.29) is 24.4 Å². The van der Waals surface area contributed by atoms with E-state index in [2.05, 4.69) is 10.6 Å². The van der Waals surface area contributed by atoms with Crippen LogP contribution in [0.1, 0.15) is 5.56 Å². The van der Waals surface area contributed by atoms with E-state index in [9.17, 15) is 4.79 Å². The van der Waals surface area contributed by atoms with E-state index in [1.54, 1.807) is 7.11 Å². The molecule has 6 heteroatoms. The Hall–Kier alpha value is -1.14. The summed E-state index contributed by atoms with van der Waals surface area (Å²) in [6.45, 7) is 2.33. The number of halogens is 1. The van der Waals surface area contributed by atoms with Gasteiger partial charge in [0.1, 0.15) is 6.04 Å². The molecule has 19 heavy (non-hydrogen) atoms. The maximum Gasteiger partial charge on any atom is 0.243 e. The summed E-state index contributed by atoms with van der Waals surface area (Å²) in [5.41, 5.74) is 1.81. The Morgan fingerprint density at radius 2 is 2.42 bits per heavy atom. The van der Waals surface area contributed by atoms with Gasteiger partial charge in [-0.25, -0.2) is 0 Å². The van der Waals surface area contributed by atoms with Crippen LogP contribution in [0.15, 0.2) is 24.3 Å². The van der Waals surface area contributed by atoms with E-state index < -0.39 is 0 Å². The minimum atomic E-state index is -0.273. The zero-order valence-electron chi connectivity index (χ0n) is 10.8. The van der Waals surface area contributed by atoms with Crippen molar-refractivity contribution in [2.75, 3.05) is 32.2 Å². The first-order valence-electron chi connectivity index (χ1n) is 5.99. The molecule has 1 aromatic rings. The zero-order chi connectivity index (χ0) is 12.8. The van der Waals surface area contributed by atoms with Gasteiger partial charge in [0.2, 0.25) is 5.91 Å². The smallest absolute Gasteiger partial charge is 0.243 e. The van der Waals surface area contributed by atoms with Gasteiger partial charge >= 0.3 is 0 Å². The Bertz CT molecular complexity index is 409. The van der Waals surface area contributed by atoms with E-state index in [1.807, 2.05) is 24.3 Å². The highest BCUT2D eigenvalue weighted by atomic mass is 35.5. The molecular weight excluding hydrogens is 268 g/mol. The molecule has 1 unspecified atom stereocenters. The number of hydrogen-bond donors (Lipinski definition) is 2. The minimum absolute atomic E-state index is 0. The van der Waals surface area contributed by atoms with Gasteiger partial charge in [-0.05, 0) is 17.7 Å². The summed E-state index contributed by atoms with van der Waals surface area (Å²) in [6.07, 6.45) is 0. The lowest BCUT2D eigenvalue weighted by molar-refractivity contribution is -0.120. The molecule has 2 rings (SSSR count). The molecule has 2 N–H and O–H groups in total. The van der Waals surface area contributed by atoms with E-state index >= 15 is 0 Å². The first kappa shape index (κ1) is 15.9. The largest absolute Gasteiger partial charge is 0.380 e. The number of nitrogens with one attached hydrogen (secondary N) is 2. The van der Waals surface area contributed by atoms with Crippen LogP contribution in [0.4, 0.5) is 5.69 Å². The minimum Gasteiger partial charge on any atom is -0.380 e. The Kier molecular flexibility index (Phi) is 6.80. The number of hydrogen-bond acceptors (Lipinski definition) is 4.